The van der Waals surface area contributed by atoms with Crippen molar-refractivity contribution in [2.75, 3.05) is 0 Å². The van der Waals surface area contributed by atoms with E-state index in [-0.39, 0.29) is 6.42 Å². The molecule has 1 N–H and O–H groups in total. The number of aromatic nitrogens is 2. The molecular weight excluding hydrogens is 356 g/mol. The summed E-state index contributed by atoms with van der Waals surface area (Å²) in [4.78, 5) is 17.8. The zero-order valence-electron chi connectivity index (χ0n) is 15.5. The fourth-order valence-corrected chi connectivity index (χ4v) is 4.31. The number of thiazole rings is 1. The third kappa shape index (κ3) is 3.26. The van der Waals surface area contributed by atoms with Crippen molar-refractivity contribution in [2.24, 2.45) is 0 Å². The lowest BCUT2D eigenvalue weighted by atomic mass is 10.0. The number of imidazole rings is 1. The summed E-state index contributed by atoms with van der Waals surface area (Å²) in [5.41, 5.74) is 7.51. The number of benzene rings is 2. The first-order chi connectivity index (χ1) is 12.9. The SMILES string of the molecule is Cc1ccc(-c2cn3c(-c4ccc(C)c(C)c4)c(CC(=O)O)sc3n2)cc1. The number of hydrogen-bond acceptors (Lipinski definition) is 3. The number of hydrogen-bond donors (Lipinski definition) is 1. The number of carboxylic acids is 1. The molecule has 27 heavy (non-hydrogen) atoms. The summed E-state index contributed by atoms with van der Waals surface area (Å²) in [7, 11) is 0. The van der Waals surface area contributed by atoms with Gasteiger partial charge in [-0.15, -0.1) is 11.3 Å². The molecule has 0 atom stereocenters. The second-order valence-electron chi connectivity index (χ2n) is 6.89. The second-order valence-corrected chi connectivity index (χ2v) is 7.95. The van der Waals surface area contributed by atoms with Crippen molar-refractivity contribution >= 4 is 22.3 Å². The number of carbonyl (C=O) groups is 1. The van der Waals surface area contributed by atoms with Crippen LogP contribution in [0.15, 0.2) is 48.7 Å². The lowest BCUT2D eigenvalue weighted by Gasteiger charge is -2.07. The molecule has 0 unspecified atom stereocenters. The molecule has 0 amide bonds. The van der Waals surface area contributed by atoms with Crippen LogP contribution in [0.25, 0.3) is 27.5 Å². The van der Waals surface area contributed by atoms with Gasteiger partial charge in [0.05, 0.1) is 17.8 Å². The molecule has 0 saturated heterocycles. The summed E-state index contributed by atoms with van der Waals surface area (Å²) in [5.74, 6) is -0.830. The van der Waals surface area contributed by atoms with E-state index >= 15 is 0 Å². The van der Waals surface area contributed by atoms with E-state index in [1.807, 2.05) is 10.6 Å². The average Bonchev–Trinajstić information content (AvgIpc) is 3.15. The van der Waals surface area contributed by atoms with Crippen LogP contribution in [0.4, 0.5) is 0 Å². The molecule has 4 rings (SSSR count). The number of nitrogens with zero attached hydrogens (tertiary/aromatic N) is 2. The van der Waals surface area contributed by atoms with Gasteiger partial charge in [-0.2, -0.15) is 0 Å². The van der Waals surface area contributed by atoms with Gasteiger partial charge < -0.3 is 5.11 Å². The maximum absolute atomic E-state index is 11.4. The third-order valence-electron chi connectivity index (χ3n) is 4.83. The highest BCUT2D eigenvalue weighted by Crippen LogP contribution is 2.35. The van der Waals surface area contributed by atoms with Crippen LogP contribution in [0.3, 0.4) is 0 Å². The van der Waals surface area contributed by atoms with Crippen LogP contribution in [0.1, 0.15) is 21.6 Å². The van der Waals surface area contributed by atoms with E-state index in [4.69, 9.17) is 4.98 Å². The first kappa shape index (κ1) is 17.5. The predicted molar refractivity (Wildman–Crippen MR) is 109 cm³/mol. The lowest BCUT2D eigenvalue weighted by molar-refractivity contribution is -0.136. The Morgan fingerprint density at radius 1 is 1.04 bits per heavy atom. The highest BCUT2D eigenvalue weighted by molar-refractivity contribution is 7.17. The van der Waals surface area contributed by atoms with Gasteiger partial charge in [-0.3, -0.25) is 9.20 Å². The molecule has 0 aliphatic heterocycles. The van der Waals surface area contributed by atoms with Crippen LogP contribution in [0, 0.1) is 20.8 Å². The number of fused-ring (bicyclic) bond motifs is 1. The van der Waals surface area contributed by atoms with E-state index in [0.717, 1.165) is 32.4 Å². The Balaban J connectivity index is 1.90. The van der Waals surface area contributed by atoms with E-state index < -0.39 is 5.97 Å². The summed E-state index contributed by atoms with van der Waals surface area (Å²) in [6, 6.07) is 14.5. The van der Waals surface area contributed by atoms with E-state index in [2.05, 4.69) is 63.2 Å². The summed E-state index contributed by atoms with van der Waals surface area (Å²) < 4.78 is 2.03. The Labute approximate surface area is 161 Å². The molecule has 0 aliphatic carbocycles. The number of rotatable bonds is 4. The lowest BCUT2D eigenvalue weighted by Crippen LogP contribution is -2.00. The smallest absolute Gasteiger partial charge is 0.308 e. The Morgan fingerprint density at radius 2 is 1.74 bits per heavy atom. The van der Waals surface area contributed by atoms with E-state index in [1.165, 1.54) is 28.0 Å². The van der Waals surface area contributed by atoms with Gasteiger partial charge in [0.15, 0.2) is 4.96 Å². The number of aliphatic carboxylic acids is 1. The Hall–Kier alpha value is -2.92. The van der Waals surface area contributed by atoms with Gasteiger partial charge in [0.2, 0.25) is 0 Å². The van der Waals surface area contributed by atoms with Crippen molar-refractivity contribution in [3.63, 3.8) is 0 Å². The van der Waals surface area contributed by atoms with Crippen molar-refractivity contribution < 1.29 is 9.90 Å². The van der Waals surface area contributed by atoms with Crippen molar-refractivity contribution in [3.05, 3.63) is 70.2 Å². The van der Waals surface area contributed by atoms with Gasteiger partial charge >= 0.3 is 5.97 Å². The minimum absolute atomic E-state index is 0.00382. The Kier molecular flexibility index (Phi) is 4.32. The zero-order chi connectivity index (χ0) is 19.1. The van der Waals surface area contributed by atoms with Gasteiger partial charge in [-0.1, -0.05) is 42.0 Å². The summed E-state index contributed by atoms with van der Waals surface area (Å²) in [6.45, 7) is 6.21. The standard InChI is InChI=1S/C22H20N2O2S/c1-13-4-7-16(8-5-13)18-12-24-21(17-9-6-14(2)15(3)10-17)19(11-20(25)26)27-22(24)23-18/h4-10,12H,11H2,1-3H3,(H,25,26). The molecule has 136 valence electrons. The zero-order valence-corrected chi connectivity index (χ0v) is 16.3. The number of carboxylic acid groups (broad SMARTS) is 1. The molecule has 0 radical (unpaired) electrons. The minimum atomic E-state index is -0.830. The molecule has 2 aromatic heterocycles. The molecule has 0 bridgehead atoms. The minimum Gasteiger partial charge on any atom is -0.481 e. The molecule has 0 fully saturated rings. The molecule has 4 nitrogen and oxygen atoms in total. The van der Waals surface area contributed by atoms with Crippen LogP contribution in [-0.2, 0) is 11.2 Å². The first-order valence-electron chi connectivity index (χ1n) is 8.79. The number of aryl methyl sites for hydroxylation is 3. The van der Waals surface area contributed by atoms with Crippen LogP contribution in [0.5, 0.6) is 0 Å². The molecule has 4 aromatic rings. The normalized spacial score (nSPS) is 11.2. The Morgan fingerprint density at radius 3 is 2.41 bits per heavy atom. The molecule has 0 spiro atoms. The van der Waals surface area contributed by atoms with E-state index in [0.29, 0.717) is 0 Å². The molecule has 0 saturated carbocycles. The highest BCUT2D eigenvalue weighted by Gasteiger charge is 2.19. The van der Waals surface area contributed by atoms with E-state index in [1.54, 1.807) is 0 Å². The fourth-order valence-electron chi connectivity index (χ4n) is 3.20. The highest BCUT2D eigenvalue weighted by atomic mass is 32.1. The summed E-state index contributed by atoms with van der Waals surface area (Å²) >= 11 is 1.45. The predicted octanol–water partition coefficient (Wildman–Crippen LogP) is 5.28. The van der Waals surface area contributed by atoms with Crippen molar-refractivity contribution in [2.45, 2.75) is 27.2 Å². The summed E-state index contributed by atoms with van der Waals surface area (Å²) in [5, 5.41) is 9.34. The third-order valence-corrected chi connectivity index (χ3v) is 5.89. The van der Waals surface area contributed by atoms with Crippen molar-refractivity contribution in [1.29, 1.82) is 0 Å². The quantitative estimate of drug-likeness (QED) is 0.527. The molecule has 0 aliphatic rings. The maximum Gasteiger partial charge on any atom is 0.308 e. The van der Waals surface area contributed by atoms with E-state index in [9.17, 15) is 9.90 Å². The van der Waals surface area contributed by atoms with Crippen LogP contribution < -0.4 is 0 Å². The molecule has 5 heteroatoms. The average molecular weight is 376 g/mol. The van der Waals surface area contributed by atoms with Crippen LogP contribution in [0.2, 0.25) is 0 Å². The van der Waals surface area contributed by atoms with Gasteiger partial charge in [-0.25, -0.2) is 4.98 Å². The monoisotopic (exact) mass is 376 g/mol. The molecule has 2 aromatic carbocycles. The summed E-state index contributed by atoms with van der Waals surface area (Å²) in [6.07, 6.45) is 2.00. The second kappa shape index (κ2) is 6.67. The van der Waals surface area contributed by atoms with Crippen LogP contribution in [-0.4, -0.2) is 20.5 Å². The van der Waals surface area contributed by atoms with Gasteiger partial charge in [-0.05, 0) is 43.5 Å². The molecule has 2 heterocycles. The maximum atomic E-state index is 11.4. The van der Waals surface area contributed by atoms with Gasteiger partial charge in [0.25, 0.3) is 0 Å². The van der Waals surface area contributed by atoms with Crippen LogP contribution >= 0.6 is 11.3 Å². The molecular formula is C22H20N2O2S. The van der Waals surface area contributed by atoms with Crippen molar-refractivity contribution in [3.8, 4) is 22.5 Å². The van der Waals surface area contributed by atoms with Crippen molar-refractivity contribution in [1.82, 2.24) is 9.38 Å². The Bertz CT molecular complexity index is 1150. The van der Waals surface area contributed by atoms with Gasteiger partial charge in [0.1, 0.15) is 0 Å². The topological polar surface area (TPSA) is 54.6 Å². The first-order valence-corrected chi connectivity index (χ1v) is 9.61. The fraction of sp³-hybridized carbons (Fsp3) is 0.182. The largest absolute Gasteiger partial charge is 0.481 e. The van der Waals surface area contributed by atoms with Gasteiger partial charge in [0, 0.05) is 16.6 Å².